The molecule has 3 N–H and O–H groups in total. The van der Waals surface area contributed by atoms with Crippen LogP contribution in [-0.4, -0.2) is 58.9 Å². The highest BCUT2D eigenvalue weighted by Gasteiger charge is 2.43. The first-order valence-electron chi connectivity index (χ1n) is 9.61. The fraction of sp³-hybridized carbons (Fsp3) is 0.526. The van der Waals surface area contributed by atoms with Gasteiger partial charge in [0.05, 0.1) is 17.3 Å². The molecule has 2 aliphatic rings. The zero-order valence-electron chi connectivity index (χ0n) is 16.4. The zero-order valence-corrected chi connectivity index (χ0v) is 16.4. The van der Waals surface area contributed by atoms with E-state index in [4.69, 9.17) is 10.8 Å². The van der Waals surface area contributed by atoms with Gasteiger partial charge in [-0.25, -0.2) is 14.2 Å². The molecule has 0 aromatic carbocycles. The predicted molar refractivity (Wildman–Crippen MR) is 106 cm³/mol. The quantitative estimate of drug-likeness (QED) is 0.742. The van der Waals surface area contributed by atoms with Crippen molar-refractivity contribution in [3.05, 3.63) is 22.2 Å². The van der Waals surface area contributed by atoms with Gasteiger partial charge >= 0.3 is 6.16 Å². The number of nitrogens with zero attached hydrogens (tertiary/aromatic N) is 4. The number of carboxylic acid groups (broad SMARTS) is 1. The Kier molecular flexibility index (Phi) is 4.60. The van der Waals surface area contributed by atoms with Crippen LogP contribution in [0.5, 0.6) is 5.75 Å². The summed E-state index contributed by atoms with van der Waals surface area (Å²) in [6, 6.07) is 0. The van der Waals surface area contributed by atoms with E-state index in [1.807, 2.05) is 4.90 Å². The molecule has 1 spiro atoms. The molecule has 10 heteroatoms. The third-order valence-electron chi connectivity index (χ3n) is 6.04. The lowest BCUT2D eigenvalue weighted by atomic mass is 9.86. The molecule has 156 valence electrons. The highest BCUT2D eigenvalue weighted by molar-refractivity contribution is 5.91. The van der Waals surface area contributed by atoms with Crippen molar-refractivity contribution >= 4 is 28.7 Å². The average molecular weight is 405 g/mol. The molecule has 4 heterocycles. The minimum atomic E-state index is -1.63. The van der Waals surface area contributed by atoms with Crippen LogP contribution in [0.1, 0.15) is 19.8 Å². The van der Waals surface area contributed by atoms with E-state index in [0.29, 0.717) is 19.6 Å². The molecule has 2 aromatic rings. The number of carbonyl (C=O) groups is 1. The Labute approximate surface area is 166 Å². The van der Waals surface area contributed by atoms with Crippen LogP contribution in [0.3, 0.4) is 0 Å². The summed E-state index contributed by atoms with van der Waals surface area (Å²) in [6.07, 6.45) is 1.64. The largest absolute Gasteiger partial charge is 0.511 e. The summed E-state index contributed by atoms with van der Waals surface area (Å²) in [5.74, 6) is -1.05. The standard InChI is InChI=1S/C19H24FN5O4/c1-3-24-8-11(29-18(27)28)15(26)12-14(21)13(20)17(22-16(12)24)25-7-5-19(10-25)4-6-23(2)9-19/h8H,3-7,9-10H2,1-2H3,(H2,21,22)(H,27,28). The number of ether oxygens (including phenoxy) is 1. The second kappa shape index (κ2) is 6.87. The lowest BCUT2D eigenvalue weighted by Crippen LogP contribution is -2.31. The summed E-state index contributed by atoms with van der Waals surface area (Å²) in [4.78, 5) is 32.2. The highest BCUT2D eigenvalue weighted by atomic mass is 19.1. The van der Waals surface area contributed by atoms with Crippen LogP contribution in [0.2, 0.25) is 0 Å². The van der Waals surface area contributed by atoms with Crippen molar-refractivity contribution in [1.82, 2.24) is 14.5 Å². The fourth-order valence-corrected chi connectivity index (χ4v) is 4.60. The predicted octanol–water partition coefficient (Wildman–Crippen LogP) is 1.73. The third-order valence-corrected chi connectivity index (χ3v) is 6.04. The topological polar surface area (TPSA) is 114 Å². The van der Waals surface area contributed by atoms with Crippen molar-refractivity contribution in [2.75, 3.05) is 43.9 Å². The Hall–Kier alpha value is -2.88. The Balaban J connectivity index is 1.82. The van der Waals surface area contributed by atoms with Gasteiger partial charge in [-0.3, -0.25) is 4.79 Å². The monoisotopic (exact) mass is 405 g/mol. The number of hydrogen-bond acceptors (Lipinski definition) is 7. The van der Waals surface area contributed by atoms with Crippen LogP contribution >= 0.6 is 0 Å². The van der Waals surface area contributed by atoms with E-state index >= 15 is 4.39 Å². The van der Waals surface area contributed by atoms with Crippen molar-refractivity contribution in [2.45, 2.75) is 26.3 Å². The number of nitrogen functional groups attached to an aromatic ring is 1. The second-order valence-corrected chi connectivity index (χ2v) is 8.00. The summed E-state index contributed by atoms with van der Waals surface area (Å²) < 4.78 is 21.3. The van der Waals surface area contributed by atoms with Crippen LogP contribution in [0, 0.1) is 11.2 Å². The molecule has 2 aromatic heterocycles. The average Bonchev–Trinajstić information content (AvgIpc) is 3.25. The maximum atomic E-state index is 15.2. The summed E-state index contributed by atoms with van der Waals surface area (Å²) in [6.45, 7) is 5.50. The van der Waals surface area contributed by atoms with Gasteiger partial charge in [-0.05, 0) is 33.4 Å². The van der Waals surface area contributed by atoms with E-state index < -0.39 is 23.2 Å². The number of aryl methyl sites for hydroxylation is 1. The zero-order chi connectivity index (χ0) is 20.9. The molecule has 0 amide bonds. The van der Waals surface area contributed by atoms with Gasteiger partial charge in [-0.1, -0.05) is 0 Å². The Morgan fingerprint density at radius 3 is 2.72 bits per heavy atom. The van der Waals surface area contributed by atoms with Crippen molar-refractivity contribution < 1.29 is 19.0 Å². The summed E-state index contributed by atoms with van der Waals surface area (Å²) in [5.41, 5.74) is 5.22. The van der Waals surface area contributed by atoms with Gasteiger partial charge in [0.1, 0.15) is 5.65 Å². The molecular weight excluding hydrogens is 381 g/mol. The lowest BCUT2D eigenvalue weighted by Gasteiger charge is -2.25. The molecule has 1 unspecified atom stereocenters. The van der Waals surface area contributed by atoms with E-state index in [9.17, 15) is 9.59 Å². The molecule has 0 bridgehead atoms. The van der Waals surface area contributed by atoms with E-state index in [1.165, 1.54) is 6.20 Å². The number of rotatable bonds is 3. The number of anilines is 2. The van der Waals surface area contributed by atoms with Gasteiger partial charge in [-0.15, -0.1) is 0 Å². The van der Waals surface area contributed by atoms with Gasteiger partial charge in [0.2, 0.25) is 5.43 Å². The van der Waals surface area contributed by atoms with Crippen molar-refractivity contribution in [1.29, 1.82) is 0 Å². The van der Waals surface area contributed by atoms with Gasteiger partial charge in [0.15, 0.2) is 17.4 Å². The van der Waals surface area contributed by atoms with Gasteiger partial charge in [0, 0.05) is 31.6 Å². The summed E-state index contributed by atoms with van der Waals surface area (Å²) >= 11 is 0. The first kappa shape index (κ1) is 19.4. The molecule has 9 nitrogen and oxygen atoms in total. The minimum absolute atomic E-state index is 0.121. The van der Waals surface area contributed by atoms with Crippen LogP contribution in [0.15, 0.2) is 11.0 Å². The maximum Gasteiger partial charge on any atom is 0.511 e. The number of halogens is 1. The Morgan fingerprint density at radius 2 is 2.10 bits per heavy atom. The number of likely N-dealkylation sites (tertiary alicyclic amines) is 1. The van der Waals surface area contributed by atoms with E-state index in [0.717, 1.165) is 25.9 Å². The molecule has 0 radical (unpaired) electrons. The lowest BCUT2D eigenvalue weighted by molar-refractivity contribution is 0.144. The highest BCUT2D eigenvalue weighted by Crippen LogP contribution is 2.41. The Bertz CT molecular complexity index is 1060. The molecule has 2 aliphatic heterocycles. The van der Waals surface area contributed by atoms with Crippen LogP contribution in [0.25, 0.3) is 11.0 Å². The van der Waals surface area contributed by atoms with Crippen LogP contribution in [0.4, 0.5) is 20.7 Å². The molecular formula is C19H24FN5O4. The molecule has 0 aliphatic carbocycles. The van der Waals surface area contributed by atoms with E-state index in [1.54, 1.807) is 11.5 Å². The first-order chi connectivity index (χ1) is 13.7. The van der Waals surface area contributed by atoms with Gasteiger partial charge in [-0.2, -0.15) is 0 Å². The molecule has 29 heavy (non-hydrogen) atoms. The first-order valence-corrected chi connectivity index (χ1v) is 9.61. The van der Waals surface area contributed by atoms with E-state index in [2.05, 4.69) is 21.7 Å². The molecule has 2 fully saturated rings. The number of hydrogen-bond donors (Lipinski definition) is 2. The maximum absolute atomic E-state index is 15.2. The normalized spacial score (nSPS) is 22.1. The molecule has 2 saturated heterocycles. The van der Waals surface area contributed by atoms with Crippen molar-refractivity contribution in [2.24, 2.45) is 5.41 Å². The number of pyridine rings is 2. The molecule has 4 rings (SSSR count). The summed E-state index contributed by atoms with van der Waals surface area (Å²) in [5, 5.41) is 8.69. The number of fused-ring (bicyclic) bond motifs is 1. The third kappa shape index (κ3) is 3.17. The molecule has 0 saturated carbocycles. The number of aromatic nitrogens is 2. The SMILES string of the molecule is CCn1cc(OC(=O)O)c(=O)c2c(N)c(F)c(N3CCC4(CCN(C)C4)C3)nc21. The van der Waals surface area contributed by atoms with E-state index in [-0.39, 0.29) is 28.0 Å². The van der Waals surface area contributed by atoms with Crippen molar-refractivity contribution in [3.63, 3.8) is 0 Å². The summed E-state index contributed by atoms with van der Waals surface area (Å²) in [7, 11) is 2.08. The molecule has 1 atom stereocenters. The van der Waals surface area contributed by atoms with Crippen molar-refractivity contribution in [3.8, 4) is 5.75 Å². The minimum Gasteiger partial charge on any atom is -0.449 e. The van der Waals surface area contributed by atoms with Gasteiger partial charge < -0.3 is 29.9 Å². The van der Waals surface area contributed by atoms with Gasteiger partial charge in [0.25, 0.3) is 0 Å². The fourth-order valence-electron chi connectivity index (χ4n) is 4.60. The smallest absolute Gasteiger partial charge is 0.449 e. The Morgan fingerprint density at radius 1 is 1.38 bits per heavy atom. The second-order valence-electron chi connectivity index (χ2n) is 8.00. The van der Waals surface area contributed by atoms with Crippen LogP contribution < -0.4 is 20.8 Å². The number of nitrogens with two attached hydrogens (primary N) is 1. The van der Waals surface area contributed by atoms with Crippen LogP contribution in [-0.2, 0) is 6.54 Å².